The molecular formula is C15H13N3O4S. The Labute approximate surface area is 135 Å². The monoisotopic (exact) mass is 331 g/mol. The molecule has 7 nitrogen and oxygen atoms in total. The standard InChI is InChI=1S/C15H13N3O4S/c1-8(11-6-9-4-2-3-5-10(9)22-11)17-18-15-16-14(21)12(23-15)7-13(19)20/h2-6,12H,7H2,1H3,(H,19,20)(H,16,18,21). The number of amidine groups is 1. The first-order valence-corrected chi connectivity index (χ1v) is 7.71. The predicted molar refractivity (Wildman–Crippen MR) is 87.6 cm³/mol. The van der Waals surface area contributed by atoms with Gasteiger partial charge in [-0.15, -0.1) is 10.2 Å². The molecule has 118 valence electrons. The molecule has 1 aromatic heterocycles. The summed E-state index contributed by atoms with van der Waals surface area (Å²) in [4.78, 5) is 22.3. The van der Waals surface area contributed by atoms with E-state index in [1.165, 1.54) is 0 Å². The molecule has 2 N–H and O–H groups in total. The van der Waals surface area contributed by atoms with E-state index >= 15 is 0 Å². The summed E-state index contributed by atoms with van der Waals surface area (Å²) < 4.78 is 5.67. The summed E-state index contributed by atoms with van der Waals surface area (Å²) in [5.41, 5.74) is 1.32. The second kappa shape index (κ2) is 6.25. The molecule has 8 heteroatoms. The number of rotatable bonds is 4. The number of carbonyl (C=O) groups is 2. The van der Waals surface area contributed by atoms with Gasteiger partial charge in [-0.05, 0) is 19.1 Å². The number of furan rings is 1. The highest BCUT2D eigenvalue weighted by Crippen LogP contribution is 2.23. The van der Waals surface area contributed by atoms with Gasteiger partial charge in [-0.1, -0.05) is 30.0 Å². The Morgan fingerprint density at radius 2 is 2.22 bits per heavy atom. The van der Waals surface area contributed by atoms with Crippen LogP contribution in [0.15, 0.2) is 45.0 Å². The van der Waals surface area contributed by atoms with E-state index in [0.717, 1.165) is 22.7 Å². The van der Waals surface area contributed by atoms with E-state index in [2.05, 4.69) is 15.5 Å². The third kappa shape index (κ3) is 3.42. The number of benzene rings is 1. The molecule has 0 saturated carbocycles. The predicted octanol–water partition coefficient (Wildman–Crippen LogP) is 2.22. The number of carboxylic acid groups (broad SMARTS) is 1. The van der Waals surface area contributed by atoms with E-state index in [1.807, 2.05) is 30.3 Å². The van der Waals surface area contributed by atoms with Crippen LogP contribution in [0.5, 0.6) is 0 Å². The number of nitrogens with zero attached hydrogens (tertiary/aromatic N) is 2. The molecule has 2 aromatic rings. The second-order valence-corrected chi connectivity index (χ2v) is 6.12. The van der Waals surface area contributed by atoms with Gasteiger partial charge in [0.1, 0.15) is 16.5 Å². The average molecular weight is 331 g/mol. The molecule has 1 aliphatic rings. The quantitative estimate of drug-likeness (QED) is 0.660. The Morgan fingerprint density at radius 1 is 1.43 bits per heavy atom. The second-order valence-electron chi connectivity index (χ2n) is 4.93. The average Bonchev–Trinajstić information content (AvgIpc) is 3.08. The summed E-state index contributed by atoms with van der Waals surface area (Å²) >= 11 is 1.06. The lowest BCUT2D eigenvalue weighted by Gasteiger charge is -1.98. The van der Waals surface area contributed by atoms with E-state index in [9.17, 15) is 9.59 Å². The van der Waals surface area contributed by atoms with Crippen molar-refractivity contribution in [3.8, 4) is 0 Å². The Hall–Kier alpha value is -2.61. The molecule has 1 aliphatic heterocycles. The van der Waals surface area contributed by atoms with Crippen LogP contribution in [0.4, 0.5) is 0 Å². The zero-order valence-electron chi connectivity index (χ0n) is 12.1. The number of fused-ring (bicyclic) bond motifs is 1. The van der Waals surface area contributed by atoms with Crippen molar-refractivity contribution >= 4 is 45.5 Å². The highest BCUT2D eigenvalue weighted by molar-refractivity contribution is 8.15. The highest BCUT2D eigenvalue weighted by atomic mass is 32.2. The fourth-order valence-electron chi connectivity index (χ4n) is 2.08. The molecule has 1 fully saturated rings. The fourth-order valence-corrected chi connectivity index (χ4v) is 2.98. The summed E-state index contributed by atoms with van der Waals surface area (Å²) in [5.74, 6) is -0.805. The van der Waals surface area contributed by atoms with Crippen LogP contribution in [0.3, 0.4) is 0 Å². The first-order valence-electron chi connectivity index (χ1n) is 6.83. The lowest BCUT2D eigenvalue weighted by Crippen LogP contribution is -2.26. The zero-order chi connectivity index (χ0) is 16.4. The van der Waals surface area contributed by atoms with Crippen LogP contribution < -0.4 is 5.32 Å². The van der Waals surface area contributed by atoms with Crippen LogP contribution in [0.2, 0.25) is 0 Å². The molecule has 1 amide bonds. The van der Waals surface area contributed by atoms with Crippen LogP contribution in [-0.4, -0.2) is 33.1 Å². The SMILES string of the molecule is CC(=N/N=C1\NC(=O)C(CC(=O)O)S1)c1cc2ccccc2o1. The third-order valence-electron chi connectivity index (χ3n) is 3.21. The van der Waals surface area contributed by atoms with E-state index in [4.69, 9.17) is 9.52 Å². The van der Waals surface area contributed by atoms with Crippen molar-refractivity contribution in [2.24, 2.45) is 10.2 Å². The van der Waals surface area contributed by atoms with E-state index < -0.39 is 11.2 Å². The molecule has 1 aromatic carbocycles. The smallest absolute Gasteiger partial charge is 0.305 e. The van der Waals surface area contributed by atoms with Crippen molar-refractivity contribution in [1.82, 2.24) is 5.32 Å². The highest BCUT2D eigenvalue weighted by Gasteiger charge is 2.32. The maximum absolute atomic E-state index is 11.6. The van der Waals surface area contributed by atoms with Crippen molar-refractivity contribution < 1.29 is 19.1 Å². The largest absolute Gasteiger partial charge is 0.481 e. The van der Waals surface area contributed by atoms with Crippen LogP contribution in [0, 0.1) is 0 Å². The Bertz CT molecular complexity index is 807. The molecule has 2 heterocycles. The number of amides is 1. The molecule has 0 spiro atoms. The minimum absolute atomic E-state index is 0.248. The lowest BCUT2D eigenvalue weighted by molar-refractivity contribution is -0.138. The topological polar surface area (TPSA) is 104 Å². The molecule has 1 unspecified atom stereocenters. The number of aliphatic carboxylic acids is 1. The van der Waals surface area contributed by atoms with Gasteiger partial charge in [0.25, 0.3) is 0 Å². The van der Waals surface area contributed by atoms with Crippen LogP contribution in [0.1, 0.15) is 19.1 Å². The summed E-state index contributed by atoms with van der Waals surface area (Å²) in [6.45, 7) is 1.75. The van der Waals surface area contributed by atoms with Crippen molar-refractivity contribution in [3.05, 3.63) is 36.1 Å². The van der Waals surface area contributed by atoms with Crippen molar-refractivity contribution in [2.45, 2.75) is 18.6 Å². The fraction of sp³-hybridized carbons (Fsp3) is 0.200. The van der Waals surface area contributed by atoms with Crippen LogP contribution in [-0.2, 0) is 9.59 Å². The Morgan fingerprint density at radius 3 is 2.96 bits per heavy atom. The van der Waals surface area contributed by atoms with Gasteiger partial charge in [-0.25, -0.2) is 0 Å². The number of para-hydroxylation sites is 1. The lowest BCUT2D eigenvalue weighted by atomic mass is 10.2. The molecule has 3 rings (SSSR count). The summed E-state index contributed by atoms with van der Waals surface area (Å²) in [6.07, 6.45) is -0.248. The number of carboxylic acids is 1. The Balaban J connectivity index is 1.76. The molecule has 0 radical (unpaired) electrons. The number of nitrogens with one attached hydrogen (secondary N) is 1. The van der Waals surface area contributed by atoms with Crippen LogP contribution in [0.25, 0.3) is 11.0 Å². The minimum Gasteiger partial charge on any atom is -0.481 e. The molecule has 23 heavy (non-hydrogen) atoms. The maximum Gasteiger partial charge on any atom is 0.305 e. The number of hydrogen-bond acceptors (Lipinski definition) is 6. The van der Waals surface area contributed by atoms with E-state index in [1.54, 1.807) is 6.92 Å². The summed E-state index contributed by atoms with van der Waals surface area (Å²) in [5, 5.41) is 19.8. The first-order chi connectivity index (χ1) is 11.0. The van der Waals surface area contributed by atoms with Gasteiger partial charge in [0.15, 0.2) is 10.9 Å². The molecule has 0 aliphatic carbocycles. The molecular weight excluding hydrogens is 318 g/mol. The van der Waals surface area contributed by atoms with Crippen molar-refractivity contribution in [3.63, 3.8) is 0 Å². The van der Waals surface area contributed by atoms with Crippen molar-refractivity contribution in [2.75, 3.05) is 0 Å². The number of thioether (sulfide) groups is 1. The molecule has 1 atom stereocenters. The maximum atomic E-state index is 11.6. The van der Waals surface area contributed by atoms with E-state index in [-0.39, 0.29) is 17.5 Å². The van der Waals surface area contributed by atoms with Gasteiger partial charge >= 0.3 is 5.97 Å². The molecule has 0 bridgehead atoms. The minimum atomic E-state index is -1.03. The van der Waals surface area contributed by atoms with Gasteiger partial charge in [-0.3, -0.25) is 9.59 Å². The van der Waals surface area contributed by atoms with Gasteiger partial charge < -0.3 is 14.8 Å². The number of hydrogen-bond donors (Lipinski definition) is 2. The van der Waals surface area contributed by atoms with Gasteiger partial charge in [0.2, 0.25) is 5.91 Å². The summed E-state index contributed by atoms with van der Waals surface area (Å²) in [6, 6.07) is 9.46. The van der Waals surface area contributed by atoms with Crippen molar-refractivity contribution in [1.29, 1.82) is 0 Å². The summed E-state index contributed by atoms with van der Waals surface area (Å²) in [7, 11) is 0. The Kier molecular flexibility index (Phi) is 4.16. The molecule has 1 saturated heterocycles. The zero-order valence-corrected chi connectivity index (χ0v) is 13.0. The van der Waals surface area contributed by atoms with Gasteiger partial charge in [0.05, 0.1) is 6.42 Å². The van der Waals surface area contributed by atoms with Crippen LogP contribution >= 0.6 is 11.8 Å². The first kappa shape index (κ1) is 15.3. The third-order valence-corrected chi connectivity index (χ3v) is 4.28. The normalized spacial score (nSPS) is 20.2. The van der Waals surface area contributed by atoms with E-state index in [0.29, 0.717) is 11.5 Å². The number of carbonyl (C=O) groups excluding carboxylic acids is 1. The van der Waals surface area contributed by atoms with Gasteiger partial charge in [-0.2, -0.15) is 0 Å². The van der Waals surface area contributed by atoms with Gasteiger partial charge in [0, 0.05) is 5.39 Å².